The van der Waals surface area contributed by atoms with Gasteiger partial charge >= 0.3 is 12.0 Å². The van der Waals surface area contributed by atoms with E-state index in [1.165, 1.54) is 0 Å². The first kappa shape index (κ1) is 14.8. The van der Waals surface area contributed by atoms with Crippen LogP contribution in [0.15, 0.2) is 0 Å². The Morgan fingerprint density at radius 1 is 1.44 bits per heavy atom. The highest BCUT2D eigenvalue weighted by Gasteiger charge is 2.33. The van der Waals surface area contributed by atoms with Crippen molar-refractivity contribution in [1.82, 2.24) is 9.80 Å². The van der Waals surface area contributed by atoms with Gasteiger partial charge in [-0.05, 0) is 26.2 Å². The molecule has 1 fully saturated rings. The molecule has 1 N–H and O–H groups in total. The van der Waals surface area contributed by atoms with Crippen molar-refractivity contribution in [3.63, 3.8) is 0 Å². The maximum atomic E-state index is 12.3. The number of carboxylic acids is 1. The van der Waals surface area contributed by atoms with E-state index in [1.54, 1.807) is 11.8 Å². The summed E-state index contributed by atoms with van der Waals surface area (Å²) in [7, 11) is 0. The number of carboxylic acid groups (broad SMARTS) is 1. The molecule has 0 radical (unpaired) electrons. The number of carbonyl (C=O) groups is 2. The Hall–Kier alpha value is -1.26. The molecule has 1 saturated heterocycles. The number of hydrogen-bond donors (Lipinski definition) is 1. The van der Waals surface area contributed by atoms with Crippen LogP contribution in [0.1, 0.15) is 34.1 Å². The summed E-state index contributed by atoms with van der Waals surface area (Å²) >= 11 is 0. The van der Waals surface area contributed by atoms with E-state index >= 15 is 0 Å². The van der Waals surface area contributed by atoms with Crippen LogP contribution in [0.2, 0.25) is 0 Å². The number of rotatable bonds is 4. The molecule has 0 aromatic rings. The number of amides is 2. The van der Waals surface area contributed by atoms with Crippen LogP contribution in [-0.4, -0.2) is 52.6 Å². The van der Waals surface area contributed by atoms with Crippen LogP contribution in [0.5, 0.6) is 0 Å². The third-order valence-corrected chi connectivity index (χ3v) is 3.60. The van der Waals surface area contributed by atoms with Crippen molar-refractivity contribution in [3.8, 4) is 0 Å². The lowest BCUT2D eigenvalue weighted by atomic mass is 10.1. The van der Waals surface area contributed by atoms with E-state index in [9.17, 15) is 9.59 Å². The van der Waals surface area contributed by atoms with E-state index in [4.69, 9.17) is 5.11 Å². The maximum absolute atomic E-state index is 12.3. The van der Waals surface area contributed by atoms with Gasteiger partial charge < -0.3 is 14.9 Å². The Labute approximate surface area is 109 Å². The molecule has 3 unspecified atom stereocenters. The van der Waals surface area contributed by atoms with Crippen LogP contribution in [0.3, 0.4) is 0 Å². The molecule has 0 bridgehead atoms. The highest BCUT2D eigenvalue weighted by molar-refractivity contribution is 5.76. The first-order valence-electron chi connectivity index (χ1n) is 6.65. The maximum Gasteiger partial charge on any atom is 0.320 e. The molecule has 104 valence electrons. The third kappa shape index (κ3) is 3.37. The third-order valence-electron chi connectivity index (χ3n) is 3.60. The van der Waals surface area contributed by atoms with Crippen LogP contribution in [0.4, 0.5) is 4.79 Å². The van der Waals surface area contributed by atoms with Crippen LogP contribution in [-0.2, 0) is 4.79 Å². The lowest BCUT2D eigenvalue weighted by Gasteiger charge is -2.30. The van der Waals surface area contributed by atoms with E-state index in [0.29, 0.717) is 12.5 Å². The summed E-state index contributed by atoms with van der Waals surface area (Å²) in [6.45, 7) is 9.31. The molecule has 1 heterocycles. The molecule has 2 amide bonds. The zero-order valence-electron chi connectivity index (χ0n) is 11.7. The molecule has 0 aromatic carbocycles. The van der Waals surface area contributed by atoms with E-state index in [-0.39, 0.29) is 18.6 Å². The minimum Gasteiger partial charge on any atom is -0.481 e. The van der Waals surface area contributed by atoms with Crippen LogP contribution in [0.25, 0.3) is 0 Å². The predicted octanol–water partition coefficient (Wildman–Crippen LogP) is 1.88. The largest absolute Gasteiger partial charge is 0.481 e. The SMILES string of the molecule is CCN(CC(C)C(=O)O)C(=O)N1CC(C)CC1C. The number of likely N-dealkylation sites (tertiary alicyclic amines) is 1. The van der Waals surface area contributed by atoms with Gasteiger partial charge in [0.1, 0.15) is 0 Å². The van der Waals surface area contributed by atoms with Crippen molar-refractivity contribution in [2.45, 2.75) is 40.2 Å². The standard InChI is InChI=1S/C13H24N2O3/c1-5-14(8-10(3)12(16)17)13(18)15-7-9(2)6-11(15)4/h9-11H,5-8H2,1-4H3,(H,16,17). The smallest absolute Gasteiger partial charge is 0.320 e. The molecule has 0 saturated carbocycles. The second-order valence-electron chi connectivity index (χ2n) is 5.40. The molecule has 0 aromatic heterocycles. The fraction of sp³-hybridized carbons (Fsp3) is 0.846. The van der Waals surface area contributed by atoms with Crippen LogP contribution >= 0.6 is 0 Å². The average molecular weight is 256 g/mol. The zero-order chi connectivity index (χ0) is 13.9. The summed E-state index contributed by atoms with van der Waals surface area (Å²) < 4.78 is 0. The molecular formula is C13H24N2O3. The quantitative estimate of drug-likeness (QED) is 0.835. The first-order chi connectivity index (χ1) is 8.36. The summed E-state index contributed by atoms with van der Waals surface area (Å²) in [4.78, 5) is 26.7. The van der Waals surface area contributed by atoms with Gasteiger partial charge in [0.05, 0.1) is 5.92 Å². The monoisotopic (exact) mass is 256 g/mol. The summed E-state index contributed by atoms with van der Waals surface area (Å²) in [5.41, 5.74) is 0. The lowest BCUT2D eigenvalue weighted by Crippen LogP contribution is -2.47. The van der Waals surface area contributed by atoms with Crippen molar-refractivity contribution < 1.29 is 14.7 Å². The van der Waals surface area contributed by atoms with Gasteiger partial charge in [-0.25, -0.2) is 4.79 Å². The topological polar surface area (TPSA) is 60.9 Å². The van der Waals surface area contributed by atoms with Gasteiger partial charge in [0.25, 0.3) is 0 Å². The molecular weight excluding hydrogens is 232 g/mol. The van der Waals surface area contributed by atoms with Crippen molar-refractivity contribution in [2.24, 2.45) is 11.8 Å². The second kappa shape index (κ2) is 6.07. The zero-order valence-corrected chi connectivity index (χ0v) is 11.7. The normalized spacial score (nSPS) is 25.0. The second-order valence-corrected chi connectivity index (χ2v) is 5.40. The molecule has 1 aliphatic heterocycles. The van der Waals surface area contributed by atoms with Crippen molar-refractivity contribution in [3.05, 3.63) is 0 Å². The predicted molar refractivity (Wildman–Crippen MR) is 69.4 cm³/mol. The van der Waals surface area contributed by atoms with Crippen molar-refractivity contribution in [2.75, 3.05) is 19.6 Å². The first-order valence-corrected chi connectivity index (χ1v) is 6.65. The highest BCUT2D eigenvalue weighted by atomic mass is 16.4. The summed E-state index contributed by atoms with van der Waals surface area (Å²) in [5.74, 6) is -0.854. The highest BCUT2D eigenvalue weighted by Crippen LogP contribution is 2.23. The van der Waals surface area contributed by atoms with E-state index in [2.05, 4.69) is 13.8 Å². The van der Waals surface area contributed by atoms with Gasteiger partial charge in [0, 0.05) is 25.7 Å². The van der Waals surface area contributed by atoms with Gasteiger partial charge in [0.15, 0.2) is 0 Å². The molecule has 18 heavy (non-hydrogen) atoms. The Morgan fingerprint density at radius 3 is 2.44 bits per heavy atom. The summed E-state index contributed by atoms with van der Waals surface area (Å²) in [6, 6.07) is 0.226. The van der Waals surface area contributed by atoms with Crippen LogP contribution in [0, 0.1) is 11.8 Å². The fourth-order valence-electron chi connectivity index (χ4n) is 2.50. The molecule has 5 heteroatoms. The van der Waals surface area contributed by atoms with E-state index < -0.39 is 11.9 Å². The van der Waals surface area contributed by atoms with Gasteiger partial charge in [-0.1, -0.05) is 13.8 Å². The van der Waals surface area contributed by atoms with Crippen molar-refractivity contribution in [1.29, 1.82) is 0 Å². The van der Waals surface area contributed by atoms with Crippen LogP contribution < -0.4 is 0 Å². The Balaban J connectivity index is 2.65. The molecule has 0 aliphatic carbocycles. The Bertz CT molecular complexity index is 319. The van der Waals surface area contributed by atoms with Gasteiger partial charge in [-0.3, -0.25) is 4.79 Å². The Kier molecular flexibility index (Phi) is 4.99. The Morgan fingerprint density at radius 2 is 2.06 bits per heavy atom. The average Bonchev–Trinajstić information content (AvgIpc) is 2.63. The number of hydrogen-bond acceptors (Lipinski definition) is 2. The number of carbonyl (C=O) groups excluding carboxylic acids is 1. The minimum absolute atomic E-state index is 0.0255. The number of aliphatic carboxylic acids is 1. The lowest BCUT2D eigenvalue weighted by molar-refractivity contribution is -0.141. The molecule has 3 atom stereocenters. The van der Waals surface area contributed by atoms with Crippen molar-refractivity contribution >= 4 is 12.0 Å². The molecule has 1 rings (SSSR count). The van der Waals surface area contributed by atoms with Gasteiger partial charge in [-0.2, -0.15) is 0 Å². The number of nitrogens with zero attached hydrogens (tertiary/aromatic N) is 2. The molecule has 1 aliphatic rings. The minimum atomic E-state index is -0.857. The molecule has 5 nitrogen and oxygen atoms in total. The fourth-order valence-corrected chi connectivity index (χ4v) is 2.50. The number of urea groups is 1. The van der Waals surface area contributed by atoms with Gasteiger partial charge in [0.2, 0.25) is 0 Å². The van der Waals surface area contributed by atoms with E-state index in [0.717, 1.165) is 13.0 Å². The van der Waals surface area contributed by atoms with E-state index in [1.807, 2.05) is 11.8 Å². The molecule has 0 spiro atoms. The summed E-state index contributed by atoms with van der Waals surface area (Å²) in [5, 5.41) is 8.92. The summed E-state index contributed by atoms with van der Waals surface area (Å²) in [6.07, 6.45) is 1.03. The van der Waals surface area contributed by atoms with Gasteiger partial charge in [-0.15, -0.1) is 0 Å².